The smallest absolute Gasteiger partial charge is 0.282 e. The molecule has 2 fully saturated rings. The molecule has 2 aromatic rings. The molecule has 12 heteroatoms. The fraction of sp³-hybridized carbons (Fsp3) is 0.688. The number of aromatic nitrogens is 3. The number of ether oxygens (including phenoxy) is 3. The van der Waals surface area contributed by atoms with Gasteiger partial charge in [0.25, 0.3) is 11.8 Å². The minimum absolute atomic E-state index is 0.0447. The summed E-state index contributed by atoms with van der Waals surface area (Å²) in [6.45, 7) is 16.2. The van der Waals surface area contributed by atoms with Gasteiger partial charge in [0.2, 0.25) is 0 Å². The van der Waals surface area contributed by atoms with E-state index in [1.807, 2.05) is 20.8 Å². The number of halogens is 1. The van der Waals surface area contributed by atoms with E-state index in [0.717, 1.165) is 52.0 Å². The van der Waals surface area contributed by atoms with Crippen molar-refractivity contribution in [1.29, 1.82) is 0 Å². The van der Waals surface area contributed by atoms with E-state index < -0.39 is 5.82 Å². The fourth-order valence-corrected chi connectivity index (χ4v) is 6.58. The number of hydrogen-bond donors (Lipinski definition) is 1. The lowest BCUT2D eigenvalue weighted by molar-refractivity contribution is -0.0987. The van der Waals surface area contributed by atoms with Crippen LogP contribution >= 0.6 is 0 Å². The lowest BCUT2D eigenvalue weighted by Gasteiger charge is -2.53. The molecule has 1 amide bonds. The van der Waals surface area contributed by atoms with Crippen molar-refractivity contribution < 1.29 is 23.4 Å². The van der Waals surface area contributed by atoms with Crippen LogP contribution in [0.2, 0.25) is 0 Å². The highest BCUT2D eigenvalue weighted by Gasteiger charge is 2.50. The van der Waals surface area contributed by atoms with Gasteiger partial charge in [0, 0.05) is 71.0 Å². The topological polar surface area (TPSA) is 105 Å². The van der Waals surface area contributed by atoms with Gasteiger partial charge in [0.1, 0.15) is 17.9 Å². The molecule has 1 unspecified atom stereocenters. The molecule has 4 rings (SSSR count). The number of nitrogens with one attached hydrogen (secondary N) is 1. The van der Waals surface area contributed by atoms with Crippen LogP contribution in [0.4, 0.5) is 10.2 Å². The van der Waals surface area contributed by atoms with Crippen LogP contribution in [0.3, 0.4) is 0 Å². The number of carbonyl (C=O) groups excluding carboxylic acids is 1. The van der Waals surface area contributed by atoms with E-state index in [0.29, 0.717) is 30.9 Å². The van der Waals surface area contributed by atoms with Crippen molar-refractivity contribution in [3.05, 3.63) is 35.9 Å². The molecule has 244 valence electrons. The Morgan fingerprint density at radius 1 is 1.16 bits per heavy atom. The van der Waals surface area contributed by atoms with Gasteiger partial charge in [-0.1, -0.05) is 13.8 Å². The number of benzene rings is 1. The average Bonchev–Trinajstić information content (AvgIpc) is 3.43. The summed E-state index contributed by atoms with van der Waals surface area (Å²) in [4.78, 5) is 24.4. The number of carbonyl (C=O) groups is 1. The number of likely N-dealkylation sites (tertiary alicyclic amines) is 1. The molecule has 11 nitrogen and oxygen atoms in total. The first-order valence-electron chi connectivity index (χ1n) is 15.8. The second-order valence-corrected chi connectivity index (χ2v) is 12.7. The van der Waals surface area contributed by atoms with Gasteiger partial charge >= 0.3 is 0 Å². The van der Waals surface area contributed by atoms with Gasteiger partial charge in [-0.2, -0.15) is 0 Å². The molecule has 2 aliphatic rings. The van der Waals surface area contributed by atoms with Gasteiger partial charge < -0.3 is 29.3 Å². The normalized spacial score (nSPS) is 17.1. The molecular weight excluding hydrogens is 565 g/mol. The molecule has 0 aliphatic carbocycles. The predicted molar refractivity (Wildman–Crippen MR) is 168 cm³/mol. The van der Waals surface area contributed by atoms with E-state index in [9.17, 15) is 9.18 Å². The van der Waals surface area contributed by atoms with E-state index in [1.165, 1.54) is 24.5 Å². The number of amides is 1. The van der Waals surface area contributed by atoms with Crippen molar-refractivity contribution in [3.8, 4) is 11.6 Å². The summed E-state index contributed by atoms with van der Waals surface area (Å²) in [7, 11) is 3.31. The van der Waals surface area contributed by atoms with E-state index in [-0.39, 0.29) is 40.8 Å². The number of anilines is 1. The van der Waals surface area contributed by atoms with Crippen molar-refractivity contribution in [2.75, 3.05) is 64.9 Å². The van der Waals surface area contributed by atoms with Gasteiger partial charge in [-0.3, -0.25) is 9.69 Å². The number of methoxy groups -OCH3 is 2. The maximum absolute atomic E-state index is 14.3. The van der Waals surface area contributed by atoms with Gasteiger partial charge in [0.15, 0.2) is 12.1 Å². The molecule has 1 atom stereocenters. The summed E-state index contributed by atoms with van der Waals surface area (Å²) in [5, 5.41) is 11.6. The highest BCUT2D eigenvalue weighted by molar-refractivity contribution is 5.97. The molecule has 1 spiro atoms. The van der Waals surface area contributed by atoms with Gasteiger partial charge in [-0.05, 0) is 70.7 Å². The highest BCUT2D eigenvalue weighted by Crippen LogP contribution is 2.44. The standard InChI is InChI=1S/C32H50FN7O4/c1-8-40(23(4)5)31(41)25-16-24(33)11-12-27(25)44-30-29(35-21-36-37-30)38-15-13-32(18-38)19-39(20-32)26(22(2)3)10-9-14-34-17-28(42-6)43-7/h11-12,16,21-23,26,28,34H,8-10,13-15,17-20H2,1-7H3. The Bertz CT molecular complexity index is 1220. The zero-order valence-electron chi connectivity index (χ0n) is 27.4. The van der Waals surface area contributed by atoms with Crippen LogP contribution in [0.5, 0.6) is 11.6 Å². The summed E-state index contributed by atoms with van der Waals surface area (Å²) in [5.41, 5.74) is 0.338. The molecule has 2 aliphatic heterocycles. The highest BCUT2D eigenvalue weighted by atomic mass is 19.1. The molecule has 3 heterocycles. The summed E-state index contributed by atoms with van der Waals surface area (Å²) in [6, 6.07) is 4.46. The van der Waals surface area contributed by atoms with E-state index in [4.69, 9.17) is 14.2 Å². The molecule has 1 aromatic carbocycles. The van der Waals surface area contributed by atoms with Crippen LogP contribution in [0.25, 0.3) is 0 Å². The van der Waals surface area contributed by atoms with Crippen molar-refractivity contribution in [1.82, 2.24) is 30.3 Å². The summed E-state index contributed by atoms with van der Waals surface area (Å²) >= 11 is 0. The molecular formula is C32H50FN7O4. The molecule has 1 aromatic heterocycles. The third-order valence-corrected chi connectivity index (χ3v) is 8.92. The Balaban J connectivity index is 1.39. The third kappa shape index (κ3) is 8.01. The largest absolute Gasteiger partial charge is 0.434 e. The maximum Gasteiger partial charge on any atom is 0.282 e. The van der Waals surface area contributed by atoms with Crippen molar-refractivity contribution in [3.63, 3.8) is 0 Å². The zero-order valence-corrected chi connectivity index (χ0v) is 27.4. The van der Waals surface area contributed by atoms with Crippen LogP contribution in [0.1, 0.15) is 64.2 Å². The summed E-state index contributed by atoms with van der Waals surface area (Å²) < 4.78 is 31.0. The SMILES string of the molecule is CCN(C(=O)c1cc(F)ccc1Oc1nncnc1N1CCC2(C1)CN(C(CCCNCC(OC)OC)C(C)C)C2)C(C)C. The zero-order chi connectivity index (χ0) is 31.9. The summed E-state index contributed by atoms with van der Waals surface area (Å²) in [6.07, 6.45) is 4.47. The van der Waals surface area contributed by atoms with Crippen LogP contribution in [0.15, 0.2) is 24.5 Å². The predicted octanol–water partition coefficient (Wildman–Crippen LogP) is 4.20. The van der Waals surface area contributed by atoms with Crippen LogP contribution in [-0.2, 0) is 9.47 Å². The van der Waals surface area contributed by atoms with Crippen LogP contribution in [-0.4, -0.2) is 109 Å². The molecule has 44 heavy (non-hydrogen) atoms. The van der Waals surface area contributed by atoms with E-state index in [1.54, 1.807) is 19.1 Å². The van der Waals surface area contributed by atoms with Crippen LogP contribution in [0, 0.1) is 17.2 Å². The lowest BCUT2D eigenvalue weighted by atomic mass is 9.76. The Kier molecular flexibility index (Phi) is 11.9. The van der Waals surface area contributed by atoms with Crippen molar-refractivity contribution >= 4 is 11.7 Å². The molecule has 2 saturated heterocycles. The Labute approximate surface area is 261 Å². The first-order valence-corrected chi connectivity index (χ1v) is 15.8. The Hall–Kier alpha value is -2.93. The minimum Gasteiger partial charge on any atom is -0.434 e. The molecule has 0 radical (unpaired) electrons. The first kappa shape index (κ1) is 34.0. The van der Waals surface area contributed by atoms with Crippen molar-refractivity contribution in [2.45, 2.75) is 72.3 Å². The minimum atomic E-state index is -0.504. The average molecular weight is 616 g/mol. The summed E-state index contributed by atoms with van der Waals surface area (Å²) in [5.74, 6) is 0.799. The molecule has 1 N–H and O–H groups in total. The molecule has 0 bridgehead atoms. The third-order valence-electron chi connectivity index (χ3n) is 8.92. The van der Waals surface area contributed by atoms with E-state index in [2.05, 4.69) is 44.1 Å². The second-order valence-electron chi connectivity index (χ2n) is 12.7. The van der Waals surface area contributed by atoms with Gasteiger partial charge in [-0.15, -0.1) is 10.2 Å². The quantitative estimate of drug-likeness (QED) is 0.218. The second kappa shape index (κ2) is 15.4. The molecule has 0 saturated carbocycles. The number of nitrogens with zero attached hydrogens (tertiary/aromatic N) is 6. The Morgan fingerprint density at radius 2 is 1.91 bits per heavy atom. The monoisotopic (exact) mass is 615 g/mol. The fourth-order valence-electron chi connectivity index (χ4n) is 6.58. The Morgan fingerprint density at radius 3 is 2.57 bits per heavy atom. The van der Waals surface area contributed by atoms with Crippen molar-refractivity contribution in [2.24, 2.45) is 11.3 Å². The van der Waals surface area contributed by atoms with E-state index >= 15 is 0 Å². The van der Waals surface area contributed by atoms with Gasteiger partial charge in [0.05, 0.1) is 5.56 Å². The maximum atomic E-state index is 14.3. The number of rotatable bonds is 16. The van der Waals surface area contributed by atoms with Gasteiger partial charge in [-0.25, -0.2) is 9.37 Å². The van der Waals surface area contributed by atoms with Crippen LogP contribution < -0.4 is 15.0 Å². The number of hydrogen-bond acceptors (Lipinski definition) is 10. The lowest BCUT2D eigenvalue weighted by Crippen LogP contribution is -2.62. The first-order chi connectivity index (χ1) is 21.1.